The number of hydrogen-bond donors (Lipinski definition) is 1. The summed E-state index contributed by atoms with van der Waals surface area (Å²) in [4.78, 5) is 24.1. The van der Waals surface area contributed by atoms with Crippen LogP contribution in [0.3, 0.4) is 0 Å². The summed E-state index contributed by atoms with van der Waals surface area (Å²) in [6.07, 6.45) is 6.68. The Labute approximate surface area is 115 Å². The van der Waals surface area contributed by atoms with Gasteiger partial charge in [-0.15, -0.1) is 0 Å². The van der Waals surface area contributed by atoms with Gasteiger partial charge in [0.2, 0.25) is 5.91 Å². The van der Waals surface area contributed by atoms with E-state index in [0.29, 0.717) is 18.9 Å². The molecular weight excluding hydrogens is 242 g/mol. The van der Waals surface area contributed by atoms with Gasteiger partial charge in [0.15, 0.2) is 0 Å². The molecule has 1 rings (SSSR count). The van der Waals surface area contributed by atoms with Crippen LogP contribution in [0.4, 0.5) is 0 Å². The normalized spacial score (nSPS) is 21.2. The van der Waals surface area contributed by atoms with E-state index in [1.54, 1.807) is 13.8 Å². The maximum Gasteiger partial charge on any atom is 0.331 e. The van der Waals surface area contributed by atoms with Crippen molar-refractivity contribution >= 4 is 11.9 Å². The van der Waals surface area contributed by atoms with Crippen molar-refractivity contribution in [2.75, 3.05) is 6.61 Å². The predicted octanol–water partition coefficient (Wildman–Crippen LogP) is 2.44. The molecule has 108 valence electrons. The third-order valence-electron chi connectivity index (χ3n) is 3.81. The van der Waals surface area contributed by atoms with Crippen LogP contribution in [0.15, 0.2) is 12.2 Å². The van der Waals surface area contributed by atoms with E-state index in [1.165, 1.54) is 0 Å². The van der Waals surface area contributed by atoms with Gasteiger partial charge < -0.3 is 10.1 Å². The van der Waals surface area contributed by atoms with Crippen LogP contribution >= 0.6 is 0 Å². The number of allylic oxidation sites excluding steroid dienone is 2. The number of rotatable bonds is 6. The van der Waals surface area contributed by atoms with E-state index in [4.69, 9.17) is 4.74 Å². The van der Waals surface area contributed by atoms with Crippen molar-refractivity contribution in [3.63, 3.8) is 0 Å². The fraction of sp³-hybridized carbons (Fsp3) is 0.733. The molecule has 0 fully saturated rings. The van der Waals surface area contributed by atoms with Crippen LogP contribution in [0.1, 0.15) is 47.0 Å². The van der Waals surface area contributed by atoms with Crippen LogP contribution in [0.2, 0.25) is 0 Å². The molecule has 0 aromatic rings. The second-order valence-corrected chi connectivity index (χ2v) is 5.60. The first kappa shape index (κ1) is 15.7. The summed E-state index contributed by atoms with van der Waals surface area (Å²) in [5, 5.41) is 2.86. The summed E-state index contributed by atoms with van der Waals surface area (Å²) >= 11 is 0. The second kappa shape index (κ2) is 6.73. The summed E-state index contributed by atoms with van der Waals surface area (Å²) in [7, 11) is 0. The molecule has 4 nitrogen and oxygen atoms in total. The molecule has 0 unspecified atom stereocenters. The van der Waals surface area contributed by atoms with Crippen molar-refractivity contribution in [2.45, 2.75) is 52.5 Å². The van der Waals surface area contributed by atoms with Crippen molar-refractivity contribution in [3.8, 4) is 0 Å². The molecule has 0 saturated heterocycles. The van der Waals surface area contributed by atoms with Crippen molar-refractivity contribution in [3.05, 3.63) is 12.2 Å². The van der Waals surface area contributed by atoms with Crippen LogP contribution in [0.5, 0.6) is 0 Å². The molecular formula is C15H25NO3. The van der Waals surface area contributed by atoms with E-state index in [9.17, 15) is 9.59 Å². The lowest BCUT2D eigenvalue weighted by atomic mass is 9.88. The first-order valence-corrected chi connectivity index (χ1v) is 7.05. The van der Waals surface area contributed by atoms with Gasteiger partial charge in [-0.05, 0) is 38.5 Å². The monoisotopic (exact) mass is 267 g/mol. The lowest BCUT2D eigenvalue weighted by Gasteiger charge is -2.32. The highest BCUT2D eigenvalue weighted by atomic mass is 16.5. The van der Waals surface area contributed by atoms with Crippen LogP contribution in [0, 0.1) is 11.8 Å². The Morgan fingerprint density at radius 3 is 2.63 bits per heavy atom. The molecule has 2 atom stereocenters. The number of nitrogens with one attached hydrogen (secondary N) is 1. The Morgan fingerprint density at radius 2 is 2.16 bits per heavy atom. The Bertz CT molecular complexity index is 362. The van der Waals surface area contributed by atoms with Gasteiger partial charge in [0, 0.05) is 6.42 Å². The van der Waals surface area contributed by atoms with E-state index in [1.807, 2.05) is 13.8 Å². The Hall–Kier alpha value is -1.32. The Balaban J connectivity index is 2.64. The minimum atomic E-state index is -0.949. The van der Waals surface area contributed by atoms with Gasteiger partial charge in [-0.25, -0.2) is 4.79 Å². The van der Waals surface area contributed by atoms with Crippen LogP contribution in [-0.4, -0.2) is 24.0 Å². The summed E-state index contributed by atoms with van der Waals surface area (Å²) in [6.45, 7) is 7.64. The highest BCUT2D eigenvalue weighted by Gasteiger charge is 2.39. The molecule has 0 aromatic heterocycles. The first-order chi connectivity index (χ1) is 8.90. The molecule has 4 heteroatoms. The molecule has 1 aliphatic rings. The largest absolute Gasteiger partial charge is 0.464 e. The van der Waals surface area contributed by atoms with Crippen LogP contribution < -0.4 is 5.32 Å². The van der Waals surface area contributed by atoms with E-state index < -0.39 is 5.54 Å². The summed E-state index contributed by atoms with van der Waals surface area (Å²) in [5.41, 5.74) is -0.949. The standard InChI is InChI=1S/C15H25NO3/c1-5-19-14(18)15(4,11(2)3)16-13(17)10-12-8-6-7-9-12/h6,8,11-12H,5,7,9-10H2,1-4H3,(H,16,17)/t12-,15-/m1/s1. The molecule has 0 radical (unpaired) electrons. The number of ether oxygens (including phenoxy) is 1. The molecule has 19 heavy (non-hydrogen) atoms. The SMILES string of the molecule is CCOC(=O)[C@](C)(NC(=O)C[C@@H]1C=CCC1)C(C)C. The lowest BCUT2D eigenvalue weighted by Crippen LogP contribution is -2.56. The second-order valence-electron chi connectivity index (χ2n) is 5.60. The van der Waals surface area contributed by atoms with E-state index in [2.05, 4.69) is 17.5 Å². The third kappa shape index (κ3) is 4.08. The molecule has 0 spiro atoms. The predicted molar refractivity (Wildman–Crippen MR) is 74.5 cm³/mol. The van der Waals surface area contributed by atoms with Gasteiger partial charge in [-0.2, -0.15) is 0 Å². The molecule has 0 bridgehead atoms. The van der Waals surface area contributed by atoms with Crippen molar-refractivity contribution < 1.29 is 14.3 Å². The minimum absolute atomic E-state index is 0.0189. The molecule has 1 N–H and O–H groups in total. The molecule has 0 saturated carbocycles. The van der Waals surface area contributed by atoms with Crippen molar-refractivity contribution in [1.82, 2.24) is 5.32 Å². The summed E-state index contributed by atoms with van der Waals surface area (Å²) < 4.78 is 5.07. The third-order valence-corrected chi connectivity index (χ3v) is 3.81. The highest BCUT2D eigenvalue weighted by Crippen LogP contribution is 2.23. The Kier molecular flexibility index (Phi) is 5.58. The fourth-order valence-electron chi connectivity index (χ4n) is 2.16. The zero-order valence-corrected chi connectivity index (χ0v) is 12.4. The van der Waals surface area contributed by atoms with E-state index in [-0.39, 0.29) is 17.8 Å². The maximum atomic E-state index is 12.1. The zero-order valence-electron chi connectivity index (χ0n) is 12.4. The molecule has 0 aliphatic heterocycles. The lowest BCUT2D eigenvalue weighted by molar-refractivity contribution is -0.154. The summed E-state index contributed by atoms with van der Waals surface area (Å²) in [6, 6.07) is 0. The molecule has 1 amide bonds. The van der Waals surface area contributed by atoms with Gasteiger partial charge in [-0.3, -0.25) is 4.79 Å². The van der Waals surface area contributed by atoms with Gasteiger partial charge in [-0.1, -0.05) is 26.0 Å². The number of carbonyl (C=O) groups excluding carboxylic acids is 2. The Morgan fingerprint density at radius 1 is 1.47 bits per heavy atom. The number of hydrogen-bond acceptors (Lipinski definition) is 3. The van der Waals surface area contributed by atoms with Crippen molar-refractivity contribution in [1.29, 1.82) is 0 Å². The van der Waals surface area contributed by atoms with Gasteiger partial charge in [0.1, 0.15) is 5.54 Å². The van der Waals surface area contributed by atoms with E-state index in [0.717, 1.165) is 12.8 Å². The zero-order chi connectivity index (χ0) is 14.5. The first-order valence-electron chi connectivity index (χ1n) is 7.05. The quantitative estimate of drug-likeness (QED) is 0.594. The van der Waals surface area contributed by atoms with Crippen LogP contribution in [0.25, 0.3) is 0 Å². The van der Waals surface area contributed by atoms with Gasteiger partial charge in [0.25, 0.3) is 0 Å². The fourth-order valence-corrected chi connectivity index (χ4v) is 2.16. The van der Waals surface area contributed by atoms with Gasteiger partial charge >= 0.3 is 5.97 Å². The van der Waals surface area contributed by atoms with Gasteiger partial charge in [0.05, 0.1) is 6.61 Å². The number of amides is 1. The average molecular weight is 267 g/mol. The maximum absolute atomic E-state index is 12.1. The van der Waals surface area contributed by atoms with Crippen LogP contribution in [-0.2, 0) is 14.3 Å². The van der Waals surface area contributed by atoms with Crippen molar-refractivity contribution in [2.24, 2.45) is 11.8 Å². The molecule has 1 aliphatic carbocycles. The summed E-state index contributed by atoms with van der Waals surface area (Å²) in [5.74, 6) is -0.158. The minimum Gasteiger partial charge on any atom is -0.464 e. The number of esters is 1. The topological polar surface area (TPSA) is 55.4 Å². The number of carbonyl (C=O) groups is 2. The average Bonchev–Trinajstić information content (AvgIpc) is 2.81. The molecule has 0 aromatic carbocycles. The highest BCUT2D eigenvalue weighted by molar-refractivity contribution is 5.88. The molecule has 0 heterocycles. The van der Waals surface area contributed by atoms with E-state index >= 15 is 0 Å². The smallest absolute Gasteiger partial charge is 0.331 e.